The van der Waals surface area contributed by atoms with Crippen LogP contribution in [0, 0.1) is 0 Å². The molecule has 0 saturated heterocycles. The number of hydrogen-bond donors (Lipinski definition) is 3. The summed E-state index contributed by atoms with van der Waals surface area (Å²) in [6.07, 6.45) is 0. The lowest BCUT2D eigenvalue weighted by Crippen LogP contribution is -2.14. The van der Waals surface area contributed by atoms with E-state index in [0.717, 1.165) is 0 Å². The van der Waals surface area contributed by atoms with Gasteiger partial charge in [-0.15, -0.1) is 10.2 Å². The van der Waals surface area contributed by atoms with Gasteiger partial charge in [0.25, 0.3) is 0 Å². The molecule has 0 saturated carbocycles. The molecule has 5 N–H and O–H groups in total. The number of tetrazole rings is 1. The predicted octanol–water partition coefficient (Wildman–Crippen LogP) is -0.171. The summed E-state index contributed by atoms with van der Waals surface area (Å²) in [7, 11) is -8.02. The molecule has 0 aliphatic heterocycles. The third-order valence-corrected chi connectivity index (χ3v) is 5.24. The first-order valence-corrected chi connectivity index (χ1v) is 9.80. The number of nitrogens with zero attached hydrogens (tertiary/aromatic N) is 3. The summed E-state index contributed by atoms with van der Waals surface area (Å²) < 4.78 is 47.0. The SMILES string of the molecule is NS(=O)(=O)c1cccc(-c2cccc(S(N)(=O)=O)c2-c2nn[nH]n2)c1. The monoisotopic (exact) mass is 380 g/mol. The van der Waals surface area contributed by atoms with Crippen molar-refractivity contribution in [3.63, 3.8) is 0 Å². The molecule has 0 spiro atoms. The first kappa shape index (κ1) is 17.2. The Morgan fingerprint density at radius 2 is 1.64 bits per heavy atom. The molecule has 25 heavy (non-hydrogen) atoms. The Kier molecular flexibility index (Phi) is 4.12. The minimum Gasteiger partial charge on any atom is -0.225 e. The van der Waals surface area contributed by atoms with E-state index in [-0.39, 0.29) is 21.2 Å². The van der Waals surface area contributed by atoms with Crippen molar-refractivity contribution >= 4 is 20.0 Å². The third-order valence-electron chi connectivity index (χ3n) is 3.38. The Balaban J connectivity index is 2.35. The summed E-state index contributed by atoms with van der Waals surface area (Å²) in [5.41, 5.74) is 0.862. The standard InChI is InChI=1S/C13H12N6O4S2/c14-24(20,21)9-4-1-3-8(7-9)10-5-2-6-11(25(15,22)23)12(10)13-16-18-19-17-13/h1-7H,(H2,14,20,21)(H2,15,22,23)(H,16,17,18,19). The Bertz CT molecular complexity index is 1140. The maximum atomic E-state index is 11.9. The van der Waals surface area contributed by atoms with E-state index in [4.69, 9.17) is 10.3 Å². The number of benzene rings is 2. The van der Waals surface area contributed by atoms with Gasteiger partial charge >= 0.3 is 0 Å². The molecular formula is C13H12N6O4S2. The summed E-state index contributed by atoms with van der Waals surface area (Å²) in [5, 5.41) is 23.7. The summed E-state index contributed by atoms with van der Waals surface area (Å²) in [5.74, 6) is 0.000587. The quantitative estimate of drug-likeness (QED) is 0.562. The van der Waals surface area contributed by atoms with Gasteiger partial charge in [0.05, 0.1) is 15.4 Å². The lowest BCUT2D eigenvalue weighted by Gasteiger charge is -2.12. The van der Waals surface area contributed by atoms with Crippen LogP contribution >= 0.6 is 0 Å². The molecule has 0 aliphatic carbocycles. The van der Waals surface area contributed by atoms with Gasteiger partial charge in [-0.2, -0.15) is 5.21 Å². The van der Waals surface area contributed by atoms with Gasteiger partial charge in [-0.1, -0.05) is 24.3 Å². The zero-order valence-corrected chi connectivity index (χ0v) is 14.1. The zero-order valence-electron chi connectivity index (χ0n) is 12.5. The molecule has 1 aromatic heterocycles. The van der Waals surface area contributed by atoms with Crippen LogP contribution in [-0.4, -0.2) is 37.5 Å². The van der Waals surface area contributed by atoms with Crippen molar-refractivity contribution < 1.29 is 16.8 Å². The number of aromatic amines is 1. The second kappa shape index (κ2) is 6.00. The highest BCUT2D eigenvalue weighted by atomic mass is 32.2. The summed E-state index contributed by atoms with van der Waals surface area (Å²) >= 11 is 0. The van der Waals surface area contributed by atoms with Crippen LogP contribution in [0.1, 0.15) is 0 Å². The summed E-state index contributed by atoms with van der Waals surface area (Å²) in [6.45, 7) is 0. The fourth-order valence-electron chi connectivity index (χ4n) is 2.35. The van der Waals surface area contributed by atoms with Crippen molar-refractivity contribution in [2.24, 2.45) is 10.3 Å². The fraction of sp³-hybridized carbons (Fsp3) is 0. The second-order valence-corrected chi connectivity index (χ2v) is 8.12. The molecule has 1 heterocycles. The molecule has 0 amide bonds. The lowest BCUT2D eigenvalue weighted by molar-refractivity contribution is 0.596. The van der Waals surface area contributed by atoms with E-state index in [2.05, 4.69) is 20.6 Å². The van der Waals surface area contributed by atoms with Gasteiger partial charge < -0.3 is 0 Å². The van der Waals surface area contributed by atoms with E-state index < -0.39 is 20.0 Å². The molecule has 0 aliphatic rings. The van der Waals surface area contributed by atoms with Crippen LogP contribution in [0.15, 0.2) is 52.3 Å². The van der Waals surface area contributed by atoms with Crippen molar-refractivity contribution in [3.8, 4) is 22.5 Å². The van der Waals surface area contributed by atoms with Crippen molar-refractivity contribution in [2.75, 3.05) is 0 Å². The predicted molar refractivity (Wildman–Crippen MR) is 87.8 cm³/mol. The lowest BCUT2D eigenvalue weighted by atomic mass is 9.99. The van der Waals surface area contributed by atoms with Crippen LogP contribution in [0.3, 0.4) is 0 Å². The minimum absolute atomic E-state index is 0.000587. The highest BCUT2D eigenvalue weighted by Crippen LogP contribution is 2.35. The van der Waals surface area contributed by atoms with E-state index in [1.807, 2.05) is 0 Å². The Hall–Kier alpha value is -2.67. The van der Waals surface area contributed by atoms with Gasteiger partial charge in [-0.3, -0.25) is 0 Å². The first-order chi connectivity index (χ1) is 11.7. The third kappa shape index (κ3) is 3.41. The highest BCUT2D eigenvalue weighted by molar-refractivity contribution is 7.89. The number of primary sulfonamides is 2. The largest absolute Gasteiger partial charge is 0.238 e. The van der Waals surface area contributed by atoms with Gasteiger partial charge in [0.1, 0.15) is 0 Å². The molecule has 0 fully saturated rings. The Labute approximate surface area is 143 Å². The molecule has 0 radical (unpaired) electrons. The maximum absolute atomic E-state index is 11.9. The Morgan fingerprint density at radius 1 is 0.920 bits per heavy atom. The molecule has 12 heteroatoms. The maximum Gasteiger partial charge on any atom is 0.238 e. The number of rotatable bonds is 4. The number of aromatic nitrogens is 4. The summed E-state index contributed by atoms with van der Waals surface area (Å²) in [4.78, 5) is -0.336. The van der Waals surface area contributed by atoms with Crippen LogP contribution in [-0.2, 0) is 20.0 Å². The molecule has 130 valence electrons. The average molecular weight is 380 g/mol. The molecule has 0 unspecified atom stereocenters. The van der Waals surface area contributed by atoms with Crippen LogP contribution < -0.4 is 10.3 Å². The first-order valence-electron chi connectivity index (χ1n) is 6.71. The zero-order chi connectivity index (χ0) is 18.2. The van der Waals surface area contributed by atoms with E-state index in [9.17, 15) is 16.8 Å². The number of nitrogens with one attached hydrogen (secondary N) is 1. The fourth-order valence-corrected chi connectivity index (χ4v) is 3.66. The number of hydrogen-bond acceptors (Lipinski definition) is 7. The molecule has 2 aromatic carbocycles. The van der Waals surface area contributed by atoms with Crippen LogP contribution in [0.4, 0.5) is 0 Å². The van der Waals surface area contributed by atoms with Crippen molar-refractivity contribution in [1.29, 1.82) is 0 Å². The smallest absolute Gasteiger partial charge is 0.225 e. The average Bonchev–Trinajstić information content (AvgIpc) is 3.07. The number of H-pyrrole nitrogens is 1. The summed E-state index contributed by atoms with van der Waals surface area (Å²) in [6, 6.07) is 10.1. The molecule has 0 atom stereocenters. The van der Waals surface area contributed by atoms with Gasteiger partial charge in [0.2, 0.25) is 25.9 Å². The molecular weight excluding hydrogens is 368 g/mol. The van der Waals surface area contributed by atoms with Crippen molar-refractivity contribution in [3.05, 3.63) is 42.5 Å². The minimum atomic E-state index is -4.09. The second-order valence-electron chi connectivity index (χ2n) is 5.03. The van der Waals surface area contributed by atoms with E-state index in [0.29, 0.717) is 11.1 Å². The molecule has 3 rings (SSSR count). The molecule has 0 bridgehead atoms. The topological polar surface area (TPSA) is 175 Å². The van der Waals surface area contributed by atoms with Crippen LogP contribution in [0.5, 0.6) is 0 Å². The van der Waals surface area contributed by atoms with Gasteiger partial charge in [0.15, 0.2) is 0 Å². The normalized spacial score (nSPS) is 12.2. The van der Waals surface area contributed by atoms with Crippen LogP contribution in [0.25, 0.3) is 22.5 Å². The van der Waals surface area contributed by atoms with Gasteiger partial charge in [-0.05, 0) is 34.5 Å². The van der Waals surface area contributed by atoms with E-state index in [1.54, 1.807) is 12.1 Å². The van der Waals surface area contributed by atoms with Crippen LogP contribution in [0.2, 0.25) is 0 Å². The van der Waals surface area contributed by atoms with E-state index in [1.165, 1.54) is 30.3 Å². The molecule has 3 aromatic rings. The highest BCUT2D eigenvalue weighted by Gasteiger charge is 2.23. The van der Waals surface area contributed by atoms with Crippen molar-refractivity contribution in [1.82, 2.24) is 20.6 Å². The molecule has 10 nitrogen and oxygen atoms in total. The Morgan fingerprint density at radius 3 is 2.24 bits per heavy atom. The number of sulfonamides is 2. The number of nitrogens with two attached hydrogens (primary N) is 2. The van der Waals surface area contributed by atoms with Gasteiger partial charge in [-0.25, -0.2) is 27.1 Å². The van der Waals surface area contributed by atoms with E-state index >= 15 is 0 Å². The van der Waals surface area contributed by atoms with Crippen molar-refractivity contribution in [2.45, 2.75) is 9.79 Å². The van der Waals surface area contributed by atoms with Gasteiger partial charge in [0, 0.05) is 0 Å².